The van der Waals surface area contributed by atoms with Gasteiger partial charge in [-0.05, 0) is 36.4 Å². The number of likely N-dealkylation sites (tertiary alicyclic amines) is 1. The number of anilines is 2. The second kappa shape index (κ2) is 9.12. The van der Waals surface area contributed by atoms with Gasteiger partial charge < -0.3 is 14.5 Å². The lowest BCUT2D eigenvalue weighted by atomic mass is 10.1. The molecule has 0 unspecified atom stereocenters. The number of pyridine rings is 1. The van der Waals surface area contributed by atoms with Gasteiger partial charge in [0.2, 0.25) is 0 Å². The van der Waals surface area contributed by atoms with Gasteiger partial charge in [0, 0.05) is 50.9 Å². The number of amides is 1. The molecule has 1 aromatic heterocycles. The van der Waals surface area contributed by atoms with E-state index in [2.05, 4.69) is 4.98 Å². The molecule has 4 rings (SSSR count). The lowest BCUT2D eigenvalue weighted by molar-refractivity contribution is 0.0588. The number of carbonyl (C=O) groups is 1. The Bertz CT molecular complexity index is 1040. The Morgan fingerprint density at radius 3 is 2.45 bits per heavy atom. The molecule has 1 aliphatic rings. The maximum Gasteiger partial charge on any atom is 0.255 e. The van der Waals surface area contributed by atoms with Crippen LogP contribution in [0.15, 0.2) is 66.9 Å². The topological polar surface area (TPSA) is 45.7 Å². The number of halogens is 2. The highest BCUT2D eigenvalue weighted by Gasteiger charge is 2.25. The van der Waals surface area contributed by atoms with E-state index in [1.807, 2.05) is 48.3 Å². The summed E-state index contributed by atoms with van der Waals surface area (Å²) in [6, 6.07) is 16.7. The predicted molar refractivity (Wildman–Crippen MR) is 115 cm³/mol. The highest BCUT2D eigenvalue weighted by atomic mass is 19.1. The third-order valence-corrected chi connectivity index (χ3v) is 5.40. The second-order valence-electron chi connectivity index (χ2n) is 7.48. The molecule has 1 amide bonds. The first-order chi connectivity index (χ1) is 15.0. The zero-order valence-electron chi connectivity index (χ0n) is 17.2. The van der Waals surface area contributed by atoms with E-state index in [0.29, 0.717) is 31.5 Å². The van der Waals surface area contributed by atoms with Crippen molar-refractivity contribution in [3.05, 3.63) is 84.1 Å². The van der Waals surface area contributed by atoms with Crippen LogP contribution >= 0.6 is 0 Å². The molecule has 2 aromatic carbocycles. The molecular weight excluding hydrogens is 400 g/mol. The van der Waals surface area contributed by atoms with Crippen LogP contribution in [-0.4, -0.2) is 42.0 Å². The molecule has 0 atom stereocenters. The number of carbonyl (C=O) groups excluding carboxylic acids is 1. The number of hydrogen-bond acceptors (Lipinski definition) is 4. The van der Waals surface area contributed by atoms with Crippen LogP contribution in [-0.2, 0) is 0 Å². The van der Waals surface area contributed by atoms with Gasteiger partial charge in [0.05, 0.1) is 5.56 Å². The third-order valence-electron chi connectivity index (χ3n) is 5.40. The number of aromatic nitrogens is 1. The van der Waals surface area contributed by atoms with Gasteiger partial charge >= 0.3 is 0 Å². The molecule has 5 nitrogen and oxygen atoms in total. The van der Waals surface area contributed by atoms with Crippen molar-refractivity contribution in [1.29, 1.82) is 0 Å². The van der Waals surface area contributed by atoms with Crippen LogP contribution in [0.4, 0.5) is 20.3 Å². The molecular formula is C24H23F2N3O2. The highest BCUT2D eigenvalue weighted by Crippen LogP contribution is 2.24. The Morgan fingerprint density at radius 1 is 1.06 bits per heavy atom. The van der Waals surface area contributed by atoms with E-state index < -0.39 is 11.6 Å². The summed E-state index contributed by atoms with van der Waals surface area (Å²) in [6.45, 7) is 0.996. The Hall–Kier alpha value is -3.48. The largest absolute Gasteiger partial charge is 0.487 e. The Morgan fingerprint density at radius 2 is 1.81 bits per heavy atom. The molecule has 31 heavy (non-hydrogen) atoms. The summed E-state index contributed by atoms with van der Waals surface area (Å²) in [6.07, 6.45) is 2.52. The van der Waals surface area contributed by atoms with E-state index in [-0.39, 0.29) is 17.8 Å². The predicted octanol–water partition coefficient (Wildman–Crippen LogP) is 4.81. The van der Waals surface area contributed by atoms with Gasteiger partial charge in [-0.1, -0.05) is 18.2 Å². The average molecular weight is 423 g/mol. The summed E-state index contributed by atoms with van der Waals surface area (Å²) >= 11 is 0. The number of para-hydroxylation sites is 1. The molecule has 160 valence electrons. The van der Waals surface area contributed by atoms with E-state index in [0.717, 1.165) is 17.6 Å². The smallest absolute Gasteiger partial charge is 0.255 e. The van der Waals surface area contributed by atoms with Crippen molar-refractivity contribution in [2.45, 2.75) is 18.9 Å². The lowest BCUT2D eigenvalue weighted by Crippen LogP contribution is -2.41. The van der Waals surface area contributed by atoms with E-state index in [1.165, 1.54) is 12.1 Å². The summed E-state index contributed by atoms with van der Waals surface area (Å²) in [5.74, 6) is -0.664. The van der Waals surface area contributed by atoms with Gasteiger partial charge in [0.15, 0.2) is 11.6 Å². The van der Waals surface area contributed by atoms with E-state index in [4.69, 9.17) is 4.74 Å². The molecule has 7 heteroatoms. The summed E-state index contributed by atoms with van der Waals surface area (Å²) in [5.41, 5.74) is 1.53. The van der Waals surface area contributed by atoms with Crippen LogP contribution in [0.2, 0.25) is 0 Å². The van der Waals surface area contributed by atoms with E-state index in [9.17, 15) is 13.6 Å². The summed E-state index contributed by atoms with van der Waals surface area (Å²) in [5, 5.41) is 0. The Balaban J connectivity index is 1.34. The molecule has 0 bridgehead atoms. The second-order valence-corrected chi connectivity index (χ2v) is 7.48. The van der Waals surface area contributed by atoms with Crippen molar-refractivity contribution >= 4 is 17.4 Å². The van der Waals surface area contributed by atoms with Gasteiger partial charge in [-0.2, -0.15) is 0 Å². The van der Waals surface area contributed by atoms with Crippen molar-refractivity contribution in [1.82, 2.24) is 9.88 Å². The molecule has 0 spiro atoms. The molecule has 0 N–H and O–H groups in total. The molecule has 0 saturated carbocycles. The monoisotopic (exact) mass is 423 g/mol. The lowest BCUT2D eigenvalue weighted by Gasteiger charge is -2.32. The summed E-state index contributed by atoms with van der Waals surface area (Å²) < 4.78 is 32.5. The molecule has 3 aromatic rings. The quantitative estimate of drug-likeness (QED) is 0.591. The molecule has 1 saturated heterocycles. The van der Waals surface area contributed by atoms with Crippen LogP contribution in [0.3, 0.4) is 0 Å². The fourth-order valence-corrected chi connectivity index (χ4v) is 3.60. The van der Waals surface area contributed by atoms with Gasteiger partial charge in [0.1, 0.15) is 17.7 Å². The molecule has 1 fully saturated rings. The average Bonchev–Trinajstić information content (AvgIpc) is 2.81. The van der Waals surface area contributed by atoms with E-state index in [1.54, 1.807) is 17.2 Å². The standard InChI is InChI=1S/C24H23F2N3O2/c1-28(19-5-3-2-4-6-19)23-10-7-17(16-27-23)24(30)29-13-11-20(12-14-29)31-22-9-8-18(25)15-21(22)26/h2-10,15-16,20H,11-14H2,1H3. The fraction of sp³-hybridized carbons (Fsp3) is 0.250. The van der Waals surface area contributed by atoms with Gasteiger partial charge in [0.25, 0.3) is 5.91 Å². The third kappa shape index (κ3) is 4.82. The van der Waals surface area contributed by atoms with Crippen molar-refractivity contribution < 1.29 is 18.3 Å². The van der Waals surface area contributed by atoms with Crippen molar-refractivity contribution in [2.24, 2.45) is 0 Å². The first kappa shape index (κ1) is 20.8. The number of piperidine rings is 1. The summed E-state index contributed by atoms with van der Waals surface area (Å²) in [4.78, 5) is 21.0. The van der Waals surface area contributed by atoms with Gasteiger partial charge in [-0.3, -0.25) is 4.79 Å². The zero-order chi connectivity index (χ0) is 21.8. The van der Waals surface area contributed by atoms with Crippen molar-refractivity contribution in [2.75, 3.05) is 25.0 Å². The minimum Gasteiger partial charge on any atom is -0.487 e. The molecule has 2 heterocycles. The highest BCUT2D eigenvalue weighted by molar-refractivity contribution is 5.94. The molecule has 1 aliphatic heterocycles. The molecule has 0 aliphatic carbocycles. The summed E-state index contributed by atoms with van der Waals surface area (Å²) in [7, 11) is 1.92. The van der Waals surface area contributed by atoms with Crippen LogP contribution in [0.1, 0.15) is 23.2 Å². The van der Waals surface area contributed by atoms with E-state index >= 15 is 0 Å². The van der Waals surface area contributed by atoms with Crippen molar-refractivity contribution in [3.8, 4) is 5.75 Å². The zero-order valence-corrected chi connectivity index (χ0v) is 17.2. The normalized spacial score (nSPS) is 14.4. The molecule has 0 radical (unpaired) electrons. The minimum absolute atomic E-state index is 0.0356. The number of hydrogen-bond donors (Lipinski definition) is 0. The fourth-order valence-electron chi connectivity index (χ4n) is 3.60. The van der Waals surface area contributed by atoms with Crippen LogP contribution < -0.4 is 9.64 Å². The number of ether oxygens (including phenoxy) is 1. The first-order valence-electron chi connectivity index (χ1n) is 10.2. The van der Waals surface area contributed by atoms with Gasteiger partial charge in [-0.25, -0.2) is 13.8 Å². The SMILES string of the molecule is CN(c1ccccc1)c1ccc(C(=O)N2CCC(Oc3ccc(F)cc3F)CC2)cn1. The number of benzene rings is 2. The van der Waals surface area contributed by atoms with Crippen LogP contribution in [0, 0.1) is 11.6 Å². The number of rotatable bonds is 5. The van der Waals surface area contributed by atoms with Crippen LogP contribution in [0.5, 0.6) is 5.75 Å². The Labute approximate surface area is 179 Å². The number of nitrogens with zero attached hydrogens (tertiary/aromatic N) is 3. The maximum atomic E-state index is 13.8. The first-order valence-corrected chi connectivity index (χ1v) is 10.2. The van der Waals surface area contributed by atoms with Crippen molar-refractivity contribution in [3.63, 3.8) is 0 Å². The Kier molecular flexibility index (Phi) is 6.11. The van der Waals surface area contributed by atoms with Crippen LogP contribution in [0.25, 0.3) is 0 Å². The minimum atomic E-state index is -0.717. The maximum absolute atomic E-state index is 13.8. The van der Waals surface area contributed by atoms with Gasteiger partial charge in [-0.15, -0.1) is 0 Å².